The lowest BCUT2D eigenvalue weighted by Crippen LogP contribution is -2.13. The Morgan fingerprint density at radius 2 is 1.96 bits per heavy atom. The Morgan fingerprint density at radius 3 is 2.57 bits per heavy atom. The number of hydrogen-bond donors (Lipinski definition) is 0. The van der Waals surface area contributed by atoms with Gasteiger partial charge in [0.05, 0.1) is 7.11 Å². The van der Waals surface area contributed by atoms with Gasteiger partial charge in [-0.25, -0.2) is 0 Å². The summed E-state index contributed by atoms with van der Waals surface area (Å²) in [4.78, 5) is 26.2. The SMILES string of the molecule is COc1ccc(CCn2c(C)cc(C(=O)Cn3cnc([N+](=O)[O-])n3)c2C)cc1. The molecule has 0 fully saturated rings. The number of ether oxygens (including phenoxy) is 1. The van der Waals surface area contributed by atoms with Crippen LogP contribution in [0.4, 0.5) is 5.95 Å². The van der Waals surface area contributed by atoms with E-state index < -0.39 is 10.9 Å². The van der Waals surface area contributed by atoms with E-state index in [4.69, 9.17) is 4.74 Å². The summed E-state index contributed by atoms with van der Waals surface area (Å²) in [6.45, 7) is 4.51. The molecule has 2 heterocycles. The molecule has 28 heavy (non-hydrogen) atoms. The van der Waals surface area contributed by atoms with Crippen molar-refractivity contribution >= 4 is 11.7 Å². The average Bonchev–Trinajstić information content (AvgIpc) is 3.25. The van der Waals surface area contributed by atoms with Gasteiger partial charge in [-0.05, 0) is 49.0 Å². The van der Waals surface area contributed by atoms with Gasteiger partial charge < -0.3 is 19.4 Å². The van der Waals surface area contributed by atoms with E-state index in [-0.39, 0.29) is 12.3 Å². The molecule has 0 N–H and O–H groups in total. The first-order valence-corrected chi connectivity index (χ1v) is 8.75. The quantitative estimate of drug-likeness (QED) is 0.336. The molecule has 9 heteroatoms. The Bertz CT molecular complexity index is 1000. The van der Waals surface area contributed by atoms with Gasteiger partial charge in [0.25, 0.3) is 0 Å². The van der Waals surface area contributed by atoms with Gasteiger partial charge >= 0.3 is 5.95 Å². The molecule has 0 atom stereocenters. The van der Waals surface area contributed by atoms with Crippen LogP contribution in [0.5, 0.6) is 5.75 Å². The number of hydrogen-bond acceptors (Lipinski definition) is 6. The zero-order valence-corrected chi connectivity index (χ0v) is 16.0. The molecule has 0 saturated carbocycles. The van der Waals surface area contributed by atoms with Gasteiger partial charge in [0.15, 0.2) is 5.78 Å². The van der Waals surface area contributed by atoms with E-state index >= 15 is 0 Å². The number of methoxy groups -OCH3 is 1. The van der Waals surface area contributed by atoms with Crippen molar-refractivity contribution in [2.24, 2.45) is 0 Å². The number of carbonyl (C=O) groups excluding carboxylic acids is 1. The van der Waals surface area contributed by atoms with Crippen LogP contribution in [0.3, 0.4) is 0 Å². The Morgan fingerprint density at radius 1 is 1.25 bits per heavy atom. The van der Waals surface area contributed by atoms with Crippen LogP contribution in [-0.2, 0) is 19.5 Å². The van der Waals surface area contributed by atoms with Crippen molar-refractivity contribution in [2.75, 3.05) is 7.11 Å². The molecule has 0 aliphatic heterocycles. The highest BCUT2D eigenvalue weighted by molar-refractivity contribution is 5.97. The summed E-state index contributed by atoms with van der Waals surface area (Å²) in [7, 11) is 1.64. The fourth-order valence-electron chi connectivity index (χ4n) is 3.14. The maximum atomic E-state index is 12.6. The molecule has 3 rings (SSSR count). The van der Waals surface area contributed by atoms with Crippen molar-refractivity contribution < 1.29 is 14.5 Å². The highest BCUT2D eigenvalue weighted by Crippen LogP contribution is 2.18. The Balaban J connectivity index is 1.70. The number of nitro groups is 1. The second-order valence-electron chi connectivity index (χ2n) is 6.46. The van der Waals surface area contributed by atoms with E-state index in [1.165, 1.54) is 16.6 Å². The van der Waals surface area contributed by atoms with Crippen LogP contribution >= 0.6 is 0 Å². The highest BCUT2D eigenvalue weighted by atomic mass is 16.6. The molecule has 146 valence electrons. The highest BCUT2D eigenvalue weighted by Gasteiger charge is 2.20. The van der Waals surface area contributed by atoms with Crippen molar-refractivity contribution in [3.63, 3.8) is 0 Å². The number of nitrogens with zero attached hydrogens (tertiary/aromatic N) is 5. The zero-order valence-electron chi connectivity index (χ0n) is 16.0. The molecule has 3 aromatic rings. The molecule has 0 spiro atoms. The van der Waals surface area contributed by atoms with Crippen LogP contribution < -0.4 is 4.74 Å². The first kappa shape index (κ1) is 19.3. The van der Waals surface area contributed by atoms with Crippen molar-refractivity contribution in [3.8, 4) is 5.75 Å². The summed E-state index contributed by atoms with van der Waals surface area (Å²) in [6.07, 6.45) is 2.02. The molecule has 0 unspecified atom stereocenters. The number of Topliss-reactive ketones (excluding diaryl/α,β-unsaturated/α-hetero) is 1. The third-order valence-corrected chi connectivity index (χ3v) is 4.65. The van der Waals surface area contributed by atoms with Crippen LogP contribution in [0.2, 0.25) is 0 Å². The molecule has 0 aliphatic rings. The van der Waals surface area contributed by atoms with Crippen LogP contribution in [0.1, 0.15) is 27.3 Å². The van der Waals surface area contributed by atoms with Crippen LogP contribution in [0.15, 0.2) is 36.7 Å². The third kappa shape index (κ3) is 4.08. The molecule has 0 bridgehead atoms. The van der Waals surface area contributed by atoms with E-state index in [2.05, 4.69) is 14.6 Å². The van der Waals surface area contributed by atoms with E-state index in [0.29, 0.717) is 5.56 Å². The molecular weight excluding hydrogens is 362 g/mol. The third-order valence-electron chi connectivity index (χ3n) is 4.65. The summed E-state index contributed by atoms with van der Waals surface area (Å²) in [6, 6.07) is 9.75. The fraction of sp³-hybridized carbons (Fsp3) is 0.316. The normalized spacial score (nSPS) is 10.8. The summed E-state index contributed by atoms with van der Waals surface area (Å²) < 4.78 is 8.45. The number of ketones is 1. The zero-order chi connectivity index (χ0) is 20.3. The van der Waals surface area contributed by atoms with Crippen molar-refractivity contribution in [1.82, 2.24) is 19.3 Å². The van der Waals surface area contributed by atoms with E-state index in [1.807, 2.05) is 44.2 Å². The van der Waals surface area contributed by atoms with Crippen LogP contribution in [0.25, 0.3) is 0 Å². The second-order valence-corrected chi connectivity index (χ2v) is 6.46. The molecule has 9 nitrogen and oxygen atoms in total. The maximum Gasteiger partial charge on any atom is 0.490 e. The second kappa shape index (κ2) is 8.03. The fourth-order valence-corrected chi connectivity index (χ4v) is 3.14. The minimum absolute atomic E-state index is 0.0936. The van der Waals surface area contributed by atoms with Crippen LogP contribution in [-0.4, -0.2) is 37.1 Å². The Hall–Kier alpha value is -3.49. The predicted octanol–water partition coefficient (Wildman–Crippen LogP) is 2.74. The first-order chi connectivity index (χ1) is 13.4. The van der Waals surface area contributed by atoms with E-state index in [1.54, 1.807) is 7.11 Å². The Kier molecular flexibility index (Phi) is 5.53. The lowest BCUT2D eigenvalue weighted by atomic mass is 10.1. The molecule has 0 radical (unpaired) electrons. The molecular formula is C19H21N5O4. The number of rotatable bonds is 8. The van der Waals surface area contributed by atoms with Gasteiger partial charge in [-0.1, -0.05) is 17.1 Å². The number of aromatic nitrogens is 4. The van der Waals surface area contributed by atoms with Crippen LogP contribution in [0, 0.1) is 24.0 Å². The van der Waals surface area contributed by atoms with Crippen molar-refractivity contribution in [3.05, 3.63) is 69.3 Å². The lowest BCUT2D eigenvalue weighted by molar-refractivity contribution is -0.394. The standard InChI is InChI=1S/C19H21N5O4/c1-13-10-17(18(25)11-22-12-20-19(21-22)24(26)27)14(2)23(13)9-8-15-4-6-16(28-3)7-5-15/h4-7,10,12H,8-9,11H2,1-3H3. The minimum Gasteiger partial charge on any atom is -0.497 e. The Labute approximate surface area is 161 Å². The summed E-state index contributed by atoms with van der Waals surface area (Å²) >= 11 is 0. The smallest absolute Gasteiger partial charge is 0.490 e. The van der Waals surface area contributed by atoms with Crippen molar-refractivity contribution in [2.45, 2.75) is 33.4 Å². The molecule has 1 aromatic carbocycles. The summed E-state index contributed by atoms with van der Waals surface area (Å²) in [5, 5.41) is 14.4. The number of carbonyl (C=O) groups is 1. The summed E-state index contributed by atoms with van der Waals surface area (Å²) in [5.74, 6) is 0.139. The molecule has 0 saturated heterocycles. The average molecular weight is 383 g/mol. The van der Waals surface area contributed by atoms with E-state index in [9.17, 15) is 14.9 Å². The number of aryl methyl sites for hydroxylation is 2. The van der Waals surface area contributed by atoms with E-state index in [0.717, 1.165) is 30.1 Å². The summed E-state index contributed by atoms with van der Waals surface area (Å²) in [5.41, 5.74) is 3.62. The monoisotopic (exact) mass is 383 g/mol. The van der Waals surface area contributed by atoms with Crippen molar-refractivity contribution in [1.29, 1.82) is 0 Å². The lowest BCUT2D eigenvalue weighted by Gasteiger charge is -2.10. The van der Waals surface area contributed by atoms with Gasteiger partial charge in [0.2, 0.25) is 6.33 Å². The molecule has 2 aromatic heterocycles. The van der Waals surface area contributed by atoms with Gasteiger partial charge in [-0.3, -0.25) is 4.79 Å². The minimum atomic E-state index is -0.688. The first-order valence-electron chi connectivity index (χ1n) is 8.75. The largest absolute Gasteiger partial charge is 0.497 e. The maximum absolute atomic E-state index is 12.6. The molecule has 0 aliphatic carbocycles. The molecule has 0 amide bonds. The predicted molar refractivity (Wildman–Crippen MR) is 102 cm³/mol. The van der Waals surface area contributed by atoms with Gasteiger partial charge in [0, 0.05) is 28.6 Å². The number of benzene rings is 1. The topological polar surface area (TPSA) is 105 Å². The van der Waals surface area contributed by atoms with Gasteiger partial charge in [-0.15, -0.1) is 0 Å². The van der Waals surface area contributed by atoms with Gasteiger partial charge in [0.1, 0.15) is 12.3 Å². The van der Waals surface area contributed by atoms with Gasteiger partial charge in [-0.2, -0.15) is 4.68 Å².